The van der Waals surface area contributed by atoms with Gasteiger partial charge in [-0.25, -0.2) is 4.79 Å². The third kappa shape index (κ3) is 3.87. The number of amides is 2. The molecule has 2 amide bonds. The molecular formula is C26H31N3O. The summed E-state index contributed by atoms with van der Waals surface area (Å²) in [5.41, 5.74) is 5.74. The Kier molecular flexibility index (Phi) is 5.42. The number of nitrogens with one attached hydrogen (secondary N) is 1. The van der Waals surface area contributed by atoms with Crippen molar-refractivity contribution in [3.05, 3.63) is 89.2 Å². The Bertz CT molecular complexity index is 1030. The highest BCUT2D eigenvalue weighted by Gasteiger charge is 2.32. The topological polar surface area (TPSA) is 37.3 Å². The van der Waals surface area contributed by atoms with Crippen molar-refractivity contribution in [3.8, 4) is 0 Å². The van der Waals surface area contributed by atoms with Gasteiger partial charge in [-0.15, -0.1) is 0 Å². The van der Waals surface area contributed by atoms with E-state index in [1.165, 1.54) is 5.56 Å². The summed E-state index contributed by atoms with van der Waals surface area (Å²) in [7, 11) is 0. The summed E-state index contributed by atoms with van der Waals surface area (Å²) in [6.45, 7) is 10.3. The summed E-state index contributed by atoms with van der Waals surface area (Å²) in [5, 5.41) is 3.17. The SMILES string of the molecule is CCc1ccccc1NC(=O)N1CCn2cccc2C1c1ccc(C(C)(C)C)cc1. The van der Waals surface area contributed by atoms with Crippen molar-refractivity contribution in [2.24, 2.45) is 0 Å². The molecule has 0 aliphatic carbocycles. The average molecular weight is 402 g/mol. The lowest BCUT2D eigenvalue weighted by atomic mass is 9.86. The molecule has 1 N–H and O–H groups in total. The van der Waals surface area contributed by atoms with Gasteiger partial charge in [0.05, 0.1) is 6.04 Å². The predicted octanol–water partition coefficient (Wildman–Crippen LogP) is 5.99. The average Bonchev–Trinajstić information content (AvgIpc) is 3.21. The molecule has 30 heavy (non-hydrogen) atoms. The lowest BCUT2D eigenvalue weighted by Gasteiger charge is -2.37. The van der Waals surface area contributed by atoms with E-state index in [-0.39, 0.29) is 17.5 Å². The smallest absolute Gasteiger partial charge is 0.322 e. The number of aromatic nitrogens is 1. The van der Waals surface area contributed by atoms with Gasteiger partial charge in [0.1, 0.15) is 0 Å². The molecule has 0 saturated heterocycles. The van der Waals surface area contributed by atoms with Gasteiger partial charge in [0, 0.05) is 30.7 Å². The van der Waals surface area contributed by atoms with E-state index in [9.17, 15) is 4.79 Å². The number of anilines is 1. The van der Waals surface area contributed by atoms with Gasteiger partial charge in [-0.3, -0.25) is 0 Å². The molecule has 0 spiro atoms. The minimum Gasteiger partial charge on any atom is -0.348 e. The number of carbonyl (C=O) groups is 1. The molecule has 4 nitrogen and oxygen atoms in total. The first-order valence-electron chi connectivity index (χ1n) is 10.8. The maximum absolute atomic E-state index is 13.4. The molecule has 2 heterocycles. The molecule has 0 radical (unpaired) electrons. The van der Waals surface area contributed by atoms with Crippen molar-refractivity contribution in [2.75, 3.05) is 11.9 Å². The second-order valence-electron chi connectivity index (χ2n) is 9.04. The first-order valence-corrected chi connectivity index (χ1v) is 10.8. The highest BCUT2D eigenvalue weighted by molar-refractivity contribution is 5.90. The fourth-order valence-electron chi connectivity index (χ4n) is 4.26. The Balaban J connectivity index is 1.67. The van der Waals surface area contributed by atoms with Gasteiger partial charge >= 0.3 is 6.03 Å². The summed E-state index contributed by atoms with van der Waals surface area (Å²) in [6.07, 6.45) is 2.99. The molecule has 3 aromatic rings. The van der Waals surface area contributed by atoms with Gasteiger partial charge in [-0.2, -0.15) is 0 Å². The van der Waals surface area contributed by atoms with Crippen molar-refractivity contribution in [2.45, 2.75) is 52.1 Å². The highest BCUT2D eigenvalue weighted by Crippen LogP contribution is 2.34. The second kappa shape index (κ2) is 8.02. The van der Waals surface area contributed by atoms with Gasteiger partial charge < -0.3 is 14.8 Å². The van der Waals surface area contributed by atoms with Crippen LogP contribution in [0.3, 0.4) is 0 Å². The van der Waals surface area contributed by atoms with Crippen LogP contribution in [0.5, 0.6) is 0 Å². The molecule has 0 bridgehead atoms. The third-order valence-corrected chi connectivity index (χ3v) is 6.03. The monoisotopic (exact) mass is 401 g/mol. The number of aryl methyl sites for hydroxylation is 1. The number of carbonyl (C=O) groups excluding carboxylic acids is 1. The molecule has 1 atom stereocenters. The zero-order valence-electron chi connectivity index (χ0n) is 18.4. The molecule has 4 rings (SSSR count). The molecule has 2 aromatic carbocycles. The Hall–Kier alpha value is -3.01. The van der Waals surface area contributed by atoms with Crippen LogP contribution < -0.4 is 5.32 Å². The number of hydrogen-bond acceptors (Lipinski definition) is 1. The minimum atomic E-state index is -0.100. The first kappa shape index (κ1) is 20.3. The van der Waals surface area contributed by atoms with E-state index in [2.05, 4.69) is 86.2 Å². The van der Waals surface area contributed by atoms with Crippen LogP contribution in [0.25, 0.3) is 0 Å². The molecule has 1 aliphatic rings. The van der Waals surface area contributed by atoms with E-state index in [4.69, 9.17) is 0 Å². The molecule has 1 aliphatic heterocycles. The van der Waals surface area contributed by atoms with E-state index in [1.807, 2.05) is 23.1 Å². The number of benzene rings is 2. The summed E-state index contributed by atoms with van der Waals surface area (Å²) in [4.78, 5) is 15.3. The Labute approximate surface area is 179 Å². The summed E-state index contributed by atoms with van der Waals surface area (Å²) in [5.74, 6) is 0. The van der Waals surface area contributed by atoms with Crippen molar-refractivity contribution < 1.29 is 4.79 Å². The van der Waals surface area contributed by atoms with Crippen molar-refractivity contribution in [3.63, 3.8) is 0 Å². The van der Waals surface area contributed by atoms with E-state index in [1.54, 1.807) is 0 Å². The number of nitrogens with zero attached hydrogens (tertiary/aromatic N) is 2. The number of fused-ring (bicyclic) bond motifs is 1. The fourth-order valence-corrected chi connectivity index (χ4v) is 4.26. The Morgan fingerprint density at radius 1 is 1.00 bits per heavy atom. The zero-order valence-corrected chi connectivity index (χ0v) is 18.4. The van der Waals surface area contributed by atoms with Crippen LogP contribution >= 0.6 is 0 Å². The van der Waals surface area contributed by atoms with Crippen LogP contribution in [0.4, 0.5) is 10.5 Å². The van der Waals surface area contributed by atoms with Crippen LogP contribution in [-0.4, -0.2) is 22.0 Å². The Morgan fingerprint density at radius 3 is 2.43 bits per heavy atom. The number of urea groups is 1. The predicted molar refractivity (Wildman–Crippen MR) is 123 cm³/mol. The van der Waals surface area contributed by atoms with Gasteiger partial charge in [-0.05, 0) is 46.7 Å². The van der Waals surface area contributed by atoms with Gasteiger partial charge in [0.25, 0.3) is 0 Å². The largest absolute Gasteiger partial charge is 0.348 e. The van der Waals surface area contributed by atoms with Crippen LogP contribution in [0.2, 0.25) is 0 Å². The van der Waals surface area contributed by atoms with E-state index in [0.717, 1.165) is 35.5 Å². The molecule has 1 unspecified atom stereocenters. The van der Waals surface area contributed by atoms with Gasteiger partial charge in [0.15, 0.2) is 0 Å². The van der Waals surface area contributed by atoms with Crippen LogP contribution in [0.1, 0.15) is 56.1 Å². The summed E-state index contributed by atoms with van der Waals surface area (Å²) in [6, 6.07) is 20.8. The fraction of sp³-hybridized carbons (Fsp3) is 0.346. The molecule has 0 saturated carbocycles. The van der Waals surface area contributed by atoms with Crippen molar-refractivity contribution in [1.82, 2.24) is 9.47 Å². The van der Waals surface area contributed by atoms with Crippen LogP contribution in [-0.2, 0) is 18.4 Å². The minimum absolute atomic E-state index is 0.0479. The molecule has 156 valence electrons. The Morgan fingerprint density at radius 2 is 1.73 bits per heavy atom. The summed E-state index contributed by atoms with van der Waals surface area (Å²) >= 11 is 0. The molecule has 4 heteroatoms. The highest BCUT2D eigenvalue weighted by atomic mass is 16.2. The van der Waals surface area contributed by atoms with Crippen LogP contribution in [0, 0.1) is 0 Å². The van der Waals surface area contributed by atoms with Gasteiger partial charge in [0.2, 0.25) is 0 Å². The van der Waals surface area contributed by atoms with E-state index >= 15 is 0 Å². The lowest BCUT2D eigenvalue weighted by molar-refractivity contribution is 0.182. The van der Waals surface area contributed by atoms with Crippen molar-refractivity contribution >= 4 is 11.7 Å². The normalized spacial score (nSPS) is 16.3. The third-order valence-electron chi connectivity index (χ3n) is 6.03. The standard InChI is InChI=1S/C26H31N3O/c1-5-19-9-6-7-10-22(19)27-25(30)29-18-17-28-16-8-11-23(28)24(29)20-12-14-21(15-13-20)26(2,3)4/h6-16,24H,5,17-18H2,1-4H3,(H,27,30). The maximum Gasteiger partial charge on any atom is 0.322 e. The van der Waals surface area contributed by atoms with Crippen LogP contribution in [0.15, 0.2) is 66.9 Å². The van der Waals surface area contributed by atoms with Crippen molar-refractivity contribution in [1.29, 1.82) is 0 Å². The zero-order chi connectivity index (χ0) is 21.3. The number of para-hydroxylation sites is 1. The molecule has 0 fully saturated rings. The molecule has 1 aromatic heterocycles. The molecular weight excluding hydrogens is 370 g/mol. The first-order chi connectivity index (χ1) is 14.4. The quantitative estimate of drug-likeness (QED) is 0.575. The maximum atomic E-state index is 13.4. The second-order valence-corrected chi connectivity index (χ2v) is 9.04. The van der Waals surface area contributed by atoms with E-state index in [0.29, 0.717) is 6.54 Å². The summed E-state index contributed by atoms with van der Waals surface area (Å²) < 4.78 is 2.26. The lowest BCUT2D eigenvalue weighted by Crippen LogP contribution is -2.44. The van der Waals surface area contributed by atoms with Gasteiger partial charge in [-0.1, -0.05) is 70.2 Å². The number of rotatable bonds is 3. The van der Waals surface area contributed by atoms with E-state index < -0.39 is 0 Å². The number of hydrogen-bond donors (Lipinski definition) is 1.